The normalized spacial score (nSPS) is 17.6. The van der Waals surface area contributed by atoms with E-state index in [1.807, 2.05) is 18.2 Å². The van der Waals surface area contributed by atoms with Crippen LogP contribution in [0.5, 0.6) is 5.75 Å². The summed E-state index contributed by atoms with van der Waals surface area (Å²) in [6, 6.07) is 8.07. The average Bonchev–Trinajstić information content (AvgIpc) is 2.96. The van der Waals surface area contributed by atoms with Gasteiger partial charge in [-0.25, -0.2) is 0 Å². The fraction of sp³-hybridized carbons (Fsp3) is 0.467. The van der Waals surface area contributed by atoms with E-state index in [0.29, 0.717) is 19.0 Å². The zero-order valence-corrected chi connectivity index (χ0v) is 11.6. The topological polar surface area (TPSA) is 60.2 Å². The first kappa shape index (κ1) is 13.1. The van der Waals surface area contributed by atoms with Crippen LogP contribution in [0.15, 0.2) is 28.8 Å². The second-order valence-corrected chi connectivity index (χ2v) is 4.95. The largest absolute Gasteiger partial charge is 0.493 e. The summed E-state index contributed by atoms with van der Waals surface area (Å²) in [6.45, 7) is 4.41. The van der Waals surface area contributed by atoms with Crippen LogP contribution in [-0.2, 0) is 6.54 Å². The van der Waals surface area contributed by atoms with E-state index in [1.165, 1.54) is 0 Å². The predicted molar refractivity (Wildman–Crippen MR) is 74.7 cm³/mol. The van der Waals surface area contributed by atoms with Crippen LogP contribution < -0.4 is 10.1 Å². The van der Waals surface area contributed by atoms with Crippen LogP contribution >= 0.6 is 0 Å². The molecule has 5 nitrogen and oxygen atoms in total. The number of rotatable bonds is 5. The molecule has 0 amide bonds. The van der Waals surface area contributed by atoms with Gasteiger partial charge < -0.3 is 14.6 Å². The minimum atomic E-state index is 0.170. The van der Waals surface area contributed by atoms with Gasteiger partial charge in [-0.1, -0.05) is 30.3 Å². The van der Waals surface area contributed by atoms with Crippen molar-refractivity contribution < 1.29 is 9.26 Å². The van der Waals surface area contributed by atoms with E-state index >= 15 is 0 Å². The summed E-state index contributed by atoms with van der Waals surface area (Å²) in [6.07, 6.45) is 1.98. The molecular formula is C15H19N3O2. The standard InChI is InChI=1S/C15H19N3O2/c1-2-8-16-10-14-17-15(18-20-14)12-7-9-19-13-6-4-3-5-11(12)13/h3-6,12,16H,2,7-10H2,1H3. The van der Waals surface area contributed by atoms with Gasteiger partial charge in [-0.2, -0.15) is 4.98 Å². The maximum Gasteiger partial charge on any atom is 0.240 e. The van der Waals surface area contributed by atoms with E-state index in [1.54, 1.807) is 0 Å². The van der Waals surface area contributed by atoms with Crippen molar-refractivity contribution in [2.24, 2.45) is 0 Å². The van der Waals surface area contributed by atoms with Gasteiger partial charge in [-0.15, -0.1) is 0 Å². The van der Waals surface area contributed by atoms with Crippen LogP contribution in [0.2, 0.25) is 0 Å². The fourth-order valence-corrected chi connectivity index (χ4v) is 2.46. The van der Waals surface area contributed by atoms with Crippen molar-refractivity contribution in [1.82, 2.24) is 15.5 Å². The summed E-state index contributed by atoms with van der Waals surface area (Å²) in [7, 11) is 0. The lowest BCUT2D eigenvalue weighted by atomic mass is 9.92. The second kappa shape index (κ2) is 6.05. The highest BCUT2D eigenvalue weighted by molar-refractivity contribution is 5.40. The Balaban J connectivity index is 1.77. The Kier molecular flexibility index (Phi) is 3.97. The van der Waals surface area contributed by atoms with Gasteiger partial charge in [0.15, 0.2) is 5.82 Å². The van der Waals surface area contributed by atoms with Gasteiger partial charge in [0.25, 0.3) is 0 Å². The van der Waals surface area contributed by atoms with Gasteiger partial charge in [0.05, 0.1) is 19.1 Å². The number of hydrogen-bond donors (Lipinski definition) is 1. The first-order valence-electron chi connectivity index (χ1n) is 7.13. The Hall–Kier alpha value is -1.88. The molecule has 106 valence electrons. The van der Waals surface area contributed by atoms with Crippen LogP contribution in [0.1, 0.15) is 43.0 Å². The molecule has 5 heteroatoms. The zero-order valence-electron chi connectivity index (χ0n) is 11.6. The quantitative estimate of drug-likeness (QED) is 0.848. The minimum Gasteiger partial charge on any atom is -0.493 e. The van der Waals surface area contributed by atoms with E-state index in [-0.39, 0.29) is 5.92 Å². The number of ether oxygens (including phenoxy) is 1. The predicted octanol–water partition coefficient (Wildman–Crippen LogP) is 2.48. The molecule has 0 radical (unpaired) electrons. The number of nitrogens with one attached hydrogen (secondary N) is 1. The molecule has 0 saturated heterocycles. The molecule has 2 heterocycles. The Morgan fingerprint density at radius 2 is 2.25 bits per heavy atom. The first-order chi connectivity index (χ1) is 9.88. The Labute approximate surface area is 118 Å². The molecule has 1 N–H and O–H groups in total. The van der Waals surface area contributed by atoms with E-state index in [0.717, 1.165) is 36.5 Å². The van der Waals surface area contributed by atoms with Crippen LogP contribution in [0.25, 0.3) is 0 Å². The molecule has 0 spiro atoms. The van der Waals surface area contributed by atoms with Gasteiger partial charge in [0.1, 0.15) is 5.75 Å². The van der Waals surface area contributed by atoms with Crippen molar-refractivity contribution >= 4 is 0 Å². The summed E-state index contributed by atoms with van der Waals surface area (Å²) in [4.78, 5) is 4.51. The summed E-state index contributed by atoms with van der Waals surface area (Å²) in [5.74, 6) is 2.51. The van der Waals surface area contributed by atoms with Crippen molar-refractivity contribution in [2.75, 3.05) is 13.2 Å². The molecule has 0 saturated carbocycles. The lowest BCUT2D eigenvalue weighted by Crippen LogP contribution is -2.16. The maximum atomic E-state index is 5.66. The number of nitrogens with zero attached hydrogens (tertiary/aromatic N) is 2. The fourth-order valence-electron chi connectivity index (χ4n) is 2.46. The Morgan fingerprint density at radius 1 is 1.35 bits per heavy atom. The third kappa shape index (κ3) is 2.67. The summed E-state index contributed by atoms with van der Waals surface area (Å²) >= 11 is 0. The Bertz CT molecular complexity index is 568. The molecule has 1 aromatic heterocycles. The van der Waals surface area contributed by atoms with E-state index in [4.69, 9.17) is 9.26 Å². The number of para-hydroxylation sites is 1. The average molecular weight is 273 g/mol. The smallest absolute Gasteiger partial charge is 0.240 e. The number of benzene rings is 1. The number of hydrogen-bond acceptors (Lipinski definition) is 5. The third-order valence-corrected chi connectivity index (χ3v) is 3.46. The van der Waals surface area contributed by atoms with Crippen LogP contribution in [0.4, 0.5) is 0 Å². The van der Waals surface area contributed by atoms with Crippen molar-refractivity contribution in [3.8, 4) is 5.75 Å². The first-order valence-corrected chi connectivity index (χ1v) is 7.13. The molecule has 1 atom stereocenters. The zero-order chi connectivity index (χ0) is 13.8. The maximum absolute atomic E-state index is 5.66. The Morgan fingerprint density at radius 3 is 3.15 bits per heavy atom. The van der Waals surface area contributed by atoms with Gasteiger partial charge >= 0.3 is 0 Å². The summed E-state index contributed by atoms with van der Waals surface area (Å²) in [5.41, 5.74) is 1.15. The summed E-state index contributed by atoms with van der Waals surface area (Å²) < 4.78 is 11.0. The van der Waals surface area contributed by atoms with Crippen LogP contribution in [0.3, 0.4) is 0 Å². The highest BCUT2D eigenvalue weighted by Crippen LogP contribution is 2.36. The molecular weight excluding hydrogens is 254 g/mol. The SMILES string of the molecule is CCCNCc1nc(C2CCOc3ccccc32)no1. The molecule has 0 fully saturated rings. The lowest BCUT2D eigenvalue weighted by molar-refractivity contribution is 0.272. The molecule has 1 unspecified atom stereocenters. The van der Waals surface area contributed by atoms with Gasteiger partial charge in [-0.3, -0.25) is 0 Å². The molecule has 1 aliphatic heterocycles. The molecule has 0 bridgehead atoms. The minimum absolute atomic E-state index is 0.170. The molecule has 3 rings (SSSR count). The van der Waals surface area contributed by atoms with E-state index < -0.39 is 0 Å². The summed E-state index contributed by atoms with van der Waals surface area (Å²) in [5, 5.41) is 7.40. The monoisotopic (exact) mass is 273 g/mol. The van der Waals surface area contributed by atoms with Gasteiger partial charge in [-0.05, 0) is 25.5 Å². The van der Waals surface area contributed by atoms with Crippen molar-refractivity contribution in [3.63, 3.8) is 0 Å². The molecule has 1 aromatic carbocycles. The number of fused-ring (bicyclic) bond motifs is 1. The molecule has 20 heavy (non-hydrogen) atoms. The third-order valence-electron chi connectivity index (χ3n) is 3.46. The number of aromatic nitrogens is 2. The highest BCUT2D eigenvalue weighted by Gasteiger charge is 2.26. The van der Waals surface area contributed by atoms with E-state index in [2.05, 4.69) is 28.4 Å². The second-order valence-electron chi connectivity index (χ2n) is 4.95. The molecule has 0 aliphatic carbocycles. The highest BCUT2D eigenvalue weighted by atomic mass is 16.5. The van der Waals surface area contributed by atoms with Crippen LogP contribution in [0, 0.1) is 0 Å². The van der Waals surface area contributed by atoms with Crippen LogP contribution in [-0.4, -0.2) is 23.3 Å². The van der Waals surface area contributed by atoms with Gasteiger partial charge in [0, 0.05) is 5.56 Å². The van der Waals surface area contributed by atoms with Crippen molar-refractivity contribution in [1.29, 1.82) is 0 Å². The lowest BCUT2D eigenvalue weighted by Gasteiger charge is -2.23. The van der Waals surface area contributed by atoms with Gasteiger partial charge in [0.2, 0.25) is 5.89 Å². The van der Waals surface area contributed by atoms with E-state index in [9.17, 15) is 0 Å². The van der Waals surface area contributed by atoms with Crippen molar-refractivity contribution in [3.05, 3.63) is 41.5 Å². The van der Waals surface area contributed by atoms with Crippen molar-refractivity contribution in [2.45, 2.75) is 32.2 Å². The molecule has 2 aromatic rings. The molecule has 1 aliphatic rings.